The summed E-state index contributed by atoms with van der Waals surface area (Å²) in [5.74, 6) is 0. The molecule has 0 rings (SSSR count). The minimum Gasteiger partial charge on any atom is -0.0104 e. The van der Waals surface area contributed by atoms with Gasteiger partial charge in [0.25, 0.3) is 0 Å². The molecule has 0 saturated carbocycles. The Morgan fingerprint density at radius 2 is 1.25 bits per heavy atom. The van der Waals surface area contributed by atoms with Gasteiger partial charge in [0.15, 0.2) is 0 Å². The van der Waals surface area contributed by atoms with Crippen LogP contribution in [0.3, 0.4) is 0 Å². The van der Waals surface area contributed by atoms with E-state index in [2.05, 4.69) is 0 Å². The predicted octanol–water partition coefficient (Wildman–Crippen LogP) is 0.653. The molecule has 0 aliphatic carbocycles. The van der Waals surface area contributed by atoms with Gasteiger partial charge in [0, 0.05) is 10.6 Å². The van der Waals surface area contributed by atoms with Crippen molar-refractivity contribution in [3.8, 4) is 0 Å². The summed E-state index contributed by atoms with van der Waals surface area (Å²) in [6, 6.07) is 0. The topological polar surface area (TPSA) is 37.7 Å². The number of rotatable bonds is 0. The normalized spacial score (nSPS) is 4.50. The number of halogens is 2. The number of hydrogen-bond acceptors (Lipinski definition) is 1. The fourth-order valence-corrected chi connectivity index (χ4v) is 0. The van der Waals surface area contributed by atoms with Gasteiger partial charge in [0.2, 0.25) is 0 Å². The van der Waals surface area contributed by atoms with Crippen molar-refractivity contribution >= 4 is 0 Å². The summed E-state index contributed by atoms with van der Waals surface area (Å²) in [4.78, 5) is 0. The van der Waals surface area contributed by atoms with E-state index >= 15 is 0 Å². The van der Waals surface area contributed by atoms with Gasteiger partial charge in [-0.15, -0.1) is 0 Å². The molecule has 0 unspecified atom stereocenters. The molecule has 0 atom stereocenters. The molecule has 0 aliphatic heterocycles. The van der Waals surface area contributed by atoms with E-state index in [1.807, 2.05) is 0 Å². The molecule has 0 saturated heterocycles. The summed E-state index contributed by atoms with van der Waals surface area (Å²) >= 11 is 0. The van der Waals surface area contributed by atoms with Crippen LogP contribution in [0.5, 0.6) is 0 Å². The highest BCUT2D eigenvalue weighted by atomic mass is 19.6. The van der Waals surface area contributed by atoms with Gasteiger partial charge in [-0.25, -0.2) is 0 Å². The second kappa shape index (κ2) is 14.5. The van der Waals surface area contributed by atoms with Crippen LogP contribution in [0.4, 0.5) is 9.05 Å². The smallest absolute Gasteiger partial charge is 0.0104 e. The predicted molar refractivity (Wildman–Crippen MR) is 3.99 cm³/mol. The van der Waals surface area contributed by atoms with Crippen LogP contribution in [0.15, 0.2) is 0 Å². The first-order valence-corrected chi connectivity index (χ1v) is 0.309. The van der Waals surface area contributed by atoms with Crippen molar-refractivity contribution in [1.29, 1.82) is 0 Å². The summed E-state index contributed by atoms with van der Waals surface area (Å²) < 4.78 is 18.2. The lowest BCUT2D eigenvalue weighted by Crippen LogP contribution is -1.26. The summed E-state index contributed by atoms with van der Waals surface area (Å²) in [6.07, 6.45) is 0. The molecular formula is F2O2. The van der Waals surface area contributed by atoms with Gasteiger partial charge in [-0.2, -0.15) is 0 Å². The van der Waals surface area contributed by atoms with E-state index in [1.54, 1.807) is 0 Å². The maximum absolute atomic E-state index is 9.12. The van der Waals surface area contributed by atoms with Crippen LogP contribution in [0.1, 0.15) is 0 Å². The van der Waals surface area contributed by atoms with E-state index < -0.39 is 0 Å². The van der Waals surface area contributed by atoms with Gasteiger partial charge < -0.3 is 0 Å². The van der Waals surface area contributed by atoms with Crippen LogP contribution in [0.25, 0.3) is 0 Å². The van der Waals surface area contributed by atoms with Crippen molar-refractivity contribution < 1.29 is 19.7 Å². The average Bonchev–Trinajstić information content (AvgIpc) is 0.918. The monoisotopic (exact) mass is 70.0 g/mol. The molecule has 0 fully saturated rings. The lowest BCUT2D eigenvalue weighted by atomic mass is 15.4. The Balaban J connectivity index is 0. The minimum atomic E-state index is 0. The molecule has 0 aromatic carbocycles. The lowest BCUT2D eigenvalue weighted by Gasteiger charge is -1.41. The zero-order valence-corrected chi connectivity index (χ0v) is 1.57. The second-order valence-corrected chi connectivity index (χ2v) is 0.0583. The van der Waals surface area contributed by atoms with E-state index in [1.165, 1.54) is 5.15 Å². The Bertz CT molecular complexity index is 4.00. The van der Waals surface area contributed by atoms with Crippen LogP contribution < -0.4 is 0 Å². The molecule has 0 aromatic rings. The zero-order chi connectivity index (χ0) is 2.71. The standard InChI is InChI=1S/F2O.O/c1-3-2;. The van der Waals surface area contributed by atoms with E-state index in [-0.39, 0.29) is 5.48 Å². The van der Waals surface area contributed by atoms with E-state index in [9.17, 15) is 0 Å². The molecule has 26 valence electrons. The highest BCUT2D eigenvalue weighted by Gasteiger charge is 1.42. The summed E-state index contributed by atoms with van der Waals surface area (Å²) in [5, 5.41) is 1.25. The molecule has 0 N–H and O–H groups in total. The molecule has 0 bridgehead atoms. The first-order valence-electron chi connectivity index (χ1n) is 0.309. The van der Waals surface area contributed by atoms with Gasteiger partial charge in [-0.3, -0.25) is 0 Å². The summed E-state index contributed by atoms with van der Waals surface area (Å²) in [7, 11) is 0. The van der Waals surface area contributed by atoms with Gasteiger partial charge in [0.1, 0.15) is 0 Å². The van der Waals surface area contributed by atoms with Crippen molar-refractivity contribution in [1.82, 2.24) is 0 Å². The fraction of sp³-hybridized carbons (Fsp3) is 0. The molecule has 4 heteroatoms. The van der Waals surface area contributed by atoms with Crippen molar-refractivity contribution in [2.45, 2.75) is 0 Å². The minimum absolute atomic E-state index is 0. The molecule has 0 aromatic heterocycles. The third kappa shape index (κ3) is 22.4. The van der Waals surface area contributed by atoms with Crippen LogP contribution in [0, 0.1) is 0 Å². The second-order valence-electron chi connectivity index (χ2n) is 0.0583. The maximum Gasteiger partial charge on any atom is 0.0209 e. The van der Waals surface area contributed by atoms with E-state index in [0.717, 1.165) is 0 Å². The van der Waals surface area contributed by atoms with Crippen LogP contribution in [-0.2, 0) is 10.6 Å². The quantitative estimate of drug-likeness (QED) is 0.412. The third-order valence-electron chi connectivity index (χ3n) is 0. The Labute approximate surface area is 21.1 Å². The fourth-order valence-electron chi connectivity index (χ4n) is 0. The van der Waals surface area contributed by atoms with E-state index in [4.69, 9.17) is 9.05 Å². The molecule has 0 amide bonds. The van der Waals surface area contributed by atoms with Gasteiger partial charge >= 0.3 is 0 Å². The molecule has 2 radical (unpaired) electrons. The highest BCUT2D eigenvalue weighted by molar-refractivity contribution is 2.51. The molecule has 0 heterocycles. The van der Waals surface area contributed by atoms with Crippen LogP contribution in [-0.4, -0.2) is 0 Å². The van der Waals surface area contributed by atoms with Crippen LogP contribution in [0.2, 0.25) is 0 Å². The van der Waals surface area contributed by atoms with Crippen molar-refractivity contribution in [3.63, 3.8) is 0 Å². The van der Waals surface area contributed by atoms with Gasteiger partial charge in [-0.1, -0.05) is 0 Å². The lowest BCUT2D eigenvalue weighted by molar-refractivity contribution is -0.317. The third-order valence-corrected chi connectivity index (χ3v) is 0. The number of hydrogen-bond donors (Lipinski definition) is 0. The molecule has 2 nitrogen and oxygen atoms in total. The largest absolute Gasteiger partial charge is 0.0209 e. The molecule has 0 aliphatic rings. The zero-order valence-electron chi connectivity index (χ0n) is 1.57. The van der Waals surface area contributed by atoms with Crippen molar-refractivity contribution in [2.24, 2.45) is 0 Å². The van der Waals surface area contributed by atoms with Crippen molar-refractivity contribution in [2.75, 3.05) is 0 Å². The first-order chi connectivity index (χ1) is 1.41. The van der Waals surface area contributed by atoms with Crippen molar-refractivity contribution in [3.05, 3.63) is 0 Å². The molecule has 0 spiro atoms. The Morgan fingerprint density at radius 3 is 1.25 bits per heavy atom. The summed E-state index contributed by atoms with van der Waals surface area (Å²) in [5.41, 5.74) is 0. The highest BCUT2D eigenvalue weighted by Crippen LogP contribution is 1.61. The summed E-state index contributed by atoms with van der Waals surface area (Å²) in [6.45, 7) is 0. The SMILES string of the molecule is FOF.[O]. The molecular weight excluding hydrogens is 70.0 g/mol. The van der Waals surface area contributed by atoms with E-state index in [0.29, 0.717) is 0 Å². The Hall–Kier alpha value is -0.220. The molecule has 4 heavy (non-hydrogen) atoms. The van der Waals surface area contributed by atoms with Gasteiger partial charge in [0.05, 0.1) is 0 Å². The Morgan fingerprint density at radius 1 is 1.25 bits per heavy atom. The maximum atomic E-state index is 9.12. The van der Waals surface area contributed by atoms with Crippen LogP contribution >= 0.6 is 0 Å². The first kappa shape index (κ1) is 9.22. The van der Waals surface area contributed by atoms with Gasteiger partial charge in [-0.05, 0) is 9.05 Å². The average molecular weight is 70.0 g/mol. The Kier molecular flexibility index (Phi) is 33.4.